The summed E-state index contributed by atoms with van der Waals surface area (Å²) in [5.41, 5.74) is 2.00. The fraction of sp³-hybridized carbons (Fsp3) is 0.381. The minimum Gasteiger partial charge on any atom is -0.466 e. The number of piperidine rings is 1. The molecule has 1 saturated heterocycles. The summed E-state index contributed by atoms with van der Waals surface area (Å²) in [5.74, 6) is 3.40. The molecule has 0 amide bonds. The van der Waals surface area contributed by atoms with Crippen molar-refractivity contribution in [2.45, 2.75) is 39.2 Å². The van der Waals surface area contributed by atoms with E-state index in [-0.39, 0.29) is 0 Å². The summed E-state index contributed by atoms with van der Waals surface area (Å²) in [5, 5.41) is 9.77. The van der Waals surface area contributed by atoms with E-state index in [1.807, 2.05) is 31.3 Å². The van der Waals surface area contributed by atoms with Crippen LogP contribution in [0.3, 0.4) is 0 Å². The van der Waals surface area contributed by atoms with E-state index in [0.717, 1.165) is 42.2 Å². The van der Waals surface area contributed by atoms with Gasteiger partial charge in [0.2, 0.25) is 0 Å². The number of quaternary nitrogens is 1. The molecule has 144 valence electrons. The molecule has 0 bridgehead atoms. The molecule has 0 spiro atoms. The molecule has 0 radical (unpaired) electrons. The van der Waals surface area contributed by atoms with Crippen LogP contribution in [0.4, 0.5) is 0 Å². The van der Waals surface area contributed by atoms with Crippen LogP contribution in [0.1, 0.15) is 41.2 Å². The van der Waals surface area contributed by atoms with Crippen molar-refractivity contribution >= 4 is 21.6 Å². The van der Waals surface area contributed by atoms with Crippen LogP contribution in [0.15, 0.2) is 39.2 Å². The number of aryl methyl sites for hydroxylation is 2. The third-order valence-electron chi connectivity index (χ3n) is 5.42. The lowest BCUT2D eigenvalue weighted by molar-refractivity contribution is -0.921. The molecule has 2 atom stereocenters. The Morgan fingerprint density at radius 1 is 1.18 bits per heavy atom. The van der Waals surface area contributed by atoms with Gasteiger partial charge >= 0.3 is 0 Å². The quantitative estimate of drug-likeness (QED) is 0.573. The average molecular weight is 396 g/mol. The molecule has 28 heavy (non-hydrogen) atoms. The molecule has 1 aliphatic rings. The minimum absolute atomic E-state index is 0.502. The van der Waals surface area contributed by atoms with Crippen LogP contribution in [-0.4, -0.2) is 28.3 Å². The van der Waals surface area contributed by atoms with Crippen molar-refractivity contribution in [1.82, 2.24) is 15.2 Å². The number of thiazole rings is 1. The standard InChI is InChI=1S/C21H22N4O2S/c1-13-10-16(14(2)26-13)20-24-23-19(27-20)12-25-9-5-6-15(11-25)21-22-17-7-3-4-8-18(17)28-21/h3-4,7-8,10,15H,5-6,9,11-12H2,1-2H3/p+1/t15-/m1/s1. The van der Waals surface area contributed by atoms with Crippen LogP contribution < -0.4 is 4.90 Å². The lowest BCUT2D eigenvalue weighted by atomic mass is 9.99. The number of nitrogens with zero attached hydrogens (tertiary/aromatic N) is 3. The van der Waals surface area contributed by atoms with Gasteiger partial charge in [0.1, 0.15) is 16.5 Å². The molecule has 5 rings (SSSR count). The average Bonchev–Trinajstić information content (AvgIpc) is 3.40. The number of furan rings is 1. The van der Waals surface area contributed by atoms with Crippen LogP contribution in [-0.2, 0) is 6.54 Å². The lowest BCUT2D eigenvalue weighted by Crippen LogP contribution is -3.12. The summed E-state index contributed by atoms with van der Waals surface area (Å²) in [6.45, 7) is 6.78. The Labute approximate surface area is 167 Å². The van der Waals surface area contributed by atoms with E-state index < -0.39 is 0 Å². The zero-order valence-corrected chi connectivity index (χ0v) is 16.9. The Hall–Kier alpha value is -2.51. The maximum absolute atomic E-state index is 5.94. The molecule has 1 aliphatic heterocycles. The van der Waals surface area contributed by atoms with Crippen LogP contribution in [0.5, 0.6) is 0 Å². The van der Waals surface area contributed by atoms with Crippen molar-refractivity contribution in [3.63, 3.8) is 0 Å². The predicted molar refractivity (Wildman–Crippen MR) is 107 cm³/mol. The highest BCUT2D eigenvalue weighted by molar-refractivity contribution is 7.18. The molecule has 4 heterocycles. The summed E-state index contributed by atoms with van der Waals surface area (Å²) in [6, 6.07) is 10.3. The molecule has 3 aromatic heterocycles. The second-order valence-electron chi connectivity index (χ2n) is 7.57. The van der Waals surface area contributed by atoms with Gasteiger partial charge in [-0.25, -0.2) is 4.98 Å². The van der Waals surface area contributed by atoms with Crippen molar-refractivity contribution in [2.24, 2.45) is 0 Å². The molecular formula is C21H23N4O2S+. The molecule has 1 aromatic carbocycles. The molecule has 7 heteroatoms. The number of rotatable bonds is 4. The molecule has 0 saturated carbocycles. The smallest absolute Gasteiger partial charge is 0.271 e. The van der Waals surface area contributed by atoms with Crippen molar-refractivity contribution in [3.05, 3.63) is 52.8 Å². The summed E-state index contributed by atoms with van der Waals surface area (Å²) in [6.07, 6.45) is 2.39. The number of likely N-dealkylation sites (tertiary alicyclic amines) is 1. The topological polar surface area (TPSA) is 69.4 Å². The fourth-order valence-electron chi connectivity index (χ4n) is 4.08. The predicted octanol–water partition coefficient (Wildman–Crippen LogP) is 3.52. The van der Waals surface area contributed by atoms with Crippen molar-refractivity contribution in [1.29, 1.82) is 0 Å². The van der Waals surface area contributed by atoms with E-state index in [1.54, 1.807) is 0 Å². The number of nitrogens with one attached hydrogen (secondary N) is 1. The van der Waals surface area contributed by atoms with Gasteiger partial charge < -0.3 is 13.7 Å². The Balaban J connectivity index is 1.30. The van der Waals surface area contributed by atoms with E-state index in [2.05, 4.69) is 34.5 Å². The van der Waals surface area contributed by atoms with E-state index in [4.69, 9.17) is 13.8 Å². The molecule has 6 nitrogen and oxygen atoms in total. The molecule has 1 fully saturated rings. The van der Waals surface area contributed by atoms with Gasteiger partial charge in [0.25, 0.3) is 11.8 Å². The highest BCUT2D eigenvalue weighted by atomic mass is 32.1. The van der Waals surface area contributed by atoms with Gasteiger partial charge in [0.05, 0.1) is 34.8 Å². The Kier molecular flexibility index (Phi) is 4.49. The van der Waals surface area contributed by atoms with Gasteiger partial charge in [-0.2, -0.15) is 0 Å². The highest BCUT2D eigenvalue weighted by Gasteiger charge is 2.28. The number of hydrogen-bond donors (Lipinski definition) is 1. The first kappa shape index (κ1) is 17.6. The van der Waals surface area contributed by atoms with E-state index >= 15 is 0 Å². The molecule has 4 aromatic rings. The molecule has 1 N–H and O–H groups in total. The van der Waals surface area contributed by atoms with Crippen molar-refractivity contribution in [2.75, 3.05) is 13.1 Å². The van der Waals surface area contributed by atoms with Crippen molar-refractivity contribution < 1.29 is 13.7 Å². The molecular weight excluding hydrogens is 372 g/mol. The van der Waals surface area contributed by atoms with Crippen LogP contribution >= 0.6 is 11.3 Å². The third-order valence-corrected chi connectivity index (χ3v) is 6.62. The molecule has 1 unspecified atom stereocenters. The summed E-state index contributed by atoms with van der Waals surface area (Å²) in [4.78, 5) is 6.35. The fourth-order valence-corrected chi connectivity index (χ4v) is 5.18. The number of benzene rings is 1. The first-order valence-corrected chi connectivity index (χ1v) is 10.6. The van der Waals surface area contributed by atoms with Crippen molar-refractivity contribution in [3.8, 4) is 11.5 Å². The van der Waals surface area contributed by atoms with Gasteiger partial charge in [-0.05, 0) is 44.9 Å². The number of aromatic nitrogens is 3. The maximum atomic E-state index is 5.94. The summed E-state index contributed by atoms with van der Waals surface area (Å²) < 4.78 is 12.8. The number of hydrogen-bond acceptors (Lipinski definition) is 6. The van der Waals surface area contributed by atoms with E-state index in [0.29, 0.717) is 17.7 Å². The van der Waals surface area contributed by atoms with Gasteiger partial charge in [-0.15, -0.1) is 21.5 Å². The summed E-state index contributed by atoms with van der Waals surface area (Å²) >= 11 is 1.83. The largest absolute Gasteiger partial charge is 0.466 e. The van der Waals surface area contributed by atoms with Gasteiger partial charge in [-0.1, -0.05) is 12.1 Å². The summed E-state index contributed by atoms with van der Waals surface area (Å²) in [7, 11) is 0. The van der Waals surface area contributed by atoms with Crippen LogP contribution in [0, 0.1) is 13.8 Å². The first-order chi connectivity index (χ1) is 13.7. The maximum Gasteiger partial charge on any atom is 0.271 e. The Bertz CT molecular complexity index is 1080. The Morgan fingerprint density at radius 3 is 2.89 bits per heavy atom. The SMILES string of the molecule is Cc1cc(-c2nnc(C[NH+]3CCC[C@@H](c4nc5ccccc5s4)C3)o2)c(C)o1. The first-order valence-electron chi connectivity index (χ1n) is 9.74. The van der Waals surface area contributed by atoms with E-state index in [9.17, 15) is 0 Å². The minimum atomic E-state index is 0.502. The number of fused-ring (bicyclic) bond motifs is 1. The zero-order valence-electron chi connectivity index (χ0n) is 16.1. The molecule has 0 aliphatic carbocycles. The second-order valence-corrected chi connectivity index (χ2v) is 8.63. The van der Waals surface area contributed by atoms with Crippen LogP contribution in [0.2, 0.25) is 0 Å². The normalized spacial score (nSPS) is 20.1. The lowest BCUT2D eigenvalue weighted by Gasteiger charge is -2.27. The van der Waals surface area contributed by atoms with Crippen LogP contribution in [0.25, 0.3) is 21.7 Å². The zero-order chi connectivity index (χ0) is 19.1. The Morgan fingerprint density at radius 2 is 2.07 bits per heavy atom. The highest BCUT2D eigenvalue weighted by Crippen LogP contribution is 2.30. The number of para-hydroxylation sites is 1. The van der Waals surface area contributed by atoms with Gasteiger partial charge in [0, 0.05) is 0 Å². The van der Waals surface area contributed by atoms with E-state index in [1.165, 1.54) is 27.4 Å². The van der Waals surface area contributed by atoms with Gasteiger partial charge in [0.15, 0.2) is 6.54 Å². The van der Waals surface area contributed by atoms with Gasteiger partial charge in [-0.3, -0.25) is 0 Å². The monoisotopic (exact) mass is 395 g/mol. The third kappa shape index (κ3) is 3.36. The second kappa shape index (κ2) is 7.14.